The fourth-order valence-electron chi connectivity index (χ4n) is 4.05. The molecule has 1 aliphatic carbocycles. The molecule has 1 saturated carbocycles. The van der Waals surface area contributed by atoms with E-state index in [4.69, 9.17) is 0 Å². The van der Waals surface area contributed by atoms with Gasteiger partial charge in [0.1, 0.15) is 11.2 Å². The third kappa shape index (κ3) is 4.04. The summed E-state index contributed by atoms with van der Waals surface area (Å²) < 4.78 is 2.38. The molecule has 1 fully saturated rings. The molecule has 0 bridgehead atoms. The first-order valence-corrected chi connectivity index (χ1v) is 11.1. The summed E-state index contributed by atoms with van der Waals surface area (Å²) in [4.78, 5) is 30.3. The molecule has 0 aliphatic heterocycles. The monoisotopic (exact) mass is 456 g/mol. The number of rotatable bonds is 5. The molecule has 1 amide bonds. The van der Waals surface area contributed by atoms with Crippen molar-refractivity contribution in [2.24, 2.45) is 0 Å². The summed E-state index contributed by atoms with van der Waals surface area (Å²) >= 11 is 0. The Balaban J connectivity index is 1.69. The molecule has 1 aliphatic rings. The van der Waals surface area contributed by atoms with Gasteiger partial charge in [0, 0.05) is 30.2 Å². The number of aromatic nitrogens is 3. The summed E-state index contributed by atoms with van der Waals surface area (Å²) in [5, 5.41) is 25.8. The Morgan fingerprint density at radius 2 is 2.03 bits per heavy atom. The average Bonchev–Trinajstić information content (AvgIpc) is 3.63. The fourth-order valence-corrected chi connectivity index (χ4v) is 4.05. The van der Waals surface area contributed by atoms with Crippen LogP contribution in [0.1, 0.15) is 42.6 Å². The number of pyridine rings is 3. The van der Waals surface area contributed by atoms with E-state index >= 15 is 0 Å². The lowest BCUT2D eigenvalue weighted by Gasteiger charge is -2.21. The highest BCUT2D eigenvalue weighted by atomic mass is 16.5. The predicted molar refractivity (Wildman–Crippen MR) is 127 cm³/mol. The lowest BCUT2D eigenvalue weighted by Crippen LogP contribution is -2.31. The maximum Gasteiger partial charge on any atom is 0.257 e. The number of hydrogen-bond acceptors (Lipinski definition) is 5. The summed E-state index contributed by atoms with van der Waals surface area (Å²) in [6, 6.07) is 12.6. The first-order chi connectivity index (χ1) is 16.2. The molecular formula is C26H24N4O4. The van der Waals surface area contributed by atoms with Crippen LogP contribution in [-0.2, 0) is 5.60 Å². The molecule has 0 radical (unpaired) electrons. The van der Waals surface area contributed by atoms with Gasteiger partial charge in [-0.15, -0.1) is 0 Å². The molecule has 3 heterocycles. The van der Waals surface area contributed by atoms with Crippen molar-refractivity contribution < 1.29 is 14.6 Å². The second-order valence-corrected chi connectivity index (χ2v) is 9.11. The highest BCUT2D eigenvalue weighted by Gasteiger charge is 2.27. The van der Waals surface area contributed by atoms with Gasteiger partial charge in [-0.1, -0.05) is 12.1 Å². The number of aliphatic hydroxyl groups is 1. The van der Waals surface area contributed by atoms with Gasteiger partial charge >= 0.3 is 0 Å². The molecule has 0 spiro atoms. The average molecular weight is 457 g/mol. The van der Waals surface area contributed by atoms with Crippen molar-refractivity contribution in [3.63, 3.8) is 0 Å². The van der Waals surface area contributed by atoms with Crippen LogP contribution in [0.15, 0.2) is 72.0 Å². The minimum atomic E-state index is -1.24. The molecule has 8 heteroatoms. The van der Waals surface area contributed by atoms with Gasteiger partial charge in [0.05, 0.1) is 16.6 Å². The quantitative estimate of drug-likeness (QED) is 0.354. The van der Waals surface area contributed by atoms with Gasteiger partial charge in [0.15, 0.2) is 12.4 Å². The normalized spacial score (nSPS) is 13.7. The van der Waals surface area contributed by atoms with Crippen LogP contribution >= 0.6 is 0 Å². The summed E-state index contributed by atoms with van der Waals surface area (Å²) in [5.41, 5.74) is 1.52. The second-order valence-electron chi connectivity index (χ2n) is 9.11. The Labute approximate surface area is 195 Å². The molecule has 5 rings (SSSR count). The maximum atomic E-state index is 13.1. The lowest BCUT2D eigenvalue weighted by atomic mass is 9.91. The van der Waals surface area contributed by atoms with E-state index < -0.39 is 11.5 Å². The van der Waals surface area contributed by atoms with Gasteiger partial charge in [-0.3, -0.25) is 9.59 Å². The molecule has 4 aromatic rings. The Morgan fingerprint density at radius 3 is 2.76 bits per heavy atom. The van der Waals surface area contributed by atoms with E-state index in [1.807, 2.05) is 24.3 Å². The van der Waals surface area contributed by atoms with Gasteiger partial charge in [-0.25, -0.2) is 4.98 Å². The second kappa shape index (κ2) is 8.07. The molecule has 3 aromatic heterocycles. The molecule has 0 atom stereocenters. The number of benzene rings is 1. The molecule has 2 N–H and O–H groups in total. The summed E-state index contributed by atoms with van der Waals surface area (Å²) in [6.45, 7) is 3.25. The number of amides is 1. The van der Waals surface area contributed by atoms with E-state index in [1.165, 1.54) is 18.6 Å². The lowest BCUT2D eigenvalue weighted by molar-refractivity contribution is -0.606. The van der Waals surface area contributed by atoms with Crippen LogP contribution < -0.4 is 15.5 Å². The van der Waals surface area contributed by atoms with Crippen molar-refractivity contribution in [2.75, 3.05) is 0 Å². The highest BCUT2D eigenvalue weighted by Crippen LogP contribution is 2.32. The van der Waals surface area contributed by atoms with Crippen molar-refractivity contribution in [1.29, 1.82) is 0 Å². The molecular weight excluding hydrogens is 432 g/mol. The van der Waals surface area contributed by atoms with Crippen molar-refractivity contribution in [3.8, 4) is 16.8 Å². The summed E-state index contributed by atoms with van der Waals surface area (Å²) in [7, 11) is 0. The summed E-state index contributed by atoms with van der Waals surface area (Å²) in [6.07, 6.45) is 7.71. The Morgan fingerprint density at radius 1 is 1.24 bits per heavy atom. The zero-order valence-corrected chi connectivity index (χ0v) is 18.9. The van der Waals surface area contributed by atoms with Crippen LogP contribution in [0.3, 0.4) is 0 Å². The van der Waals surface area contributed by atoms with Crippen molar-refractivity contribution >= 4 is 16.9 Å². The first kappa shape index (κ1) is 21.8. The highest BCUT2D eigenvalue weighted by molar-refractivity contribution is 5.97. The number of hydrogen-bond donors (Lipinski definition) is 2. The van der Waals surface area contributed by atoms with E-state index in [-0.39, 0.29) is 17.0 Å². The molecule has 8 nitrogen and oxygen atoms in total. The van der Waals surface area contributed by atoms with Crippen LogP contribution in [0.25, 0.3) is 27.8 Å². The smallest absolute Gasteiger partial charge is 0.257 e. The van der Waals surface area contributed by atoms with Crippen LogP contribution in [-0.4, -0.2) is 26.6 Å². The number of fused-ring (bicyclic) bond motifs is 1. The maximum absolute atomic E-state index is 13.1. The van der Waals surface area contributed by atoms with Crippen LogP contribution in [0.5, 0.6) is 0 Å². The molecule has 172 valence electrons. The van der Waals surface area contributed by atoms with Crippen LogP contribution in [0, 0.1) is 5.21 Å². The molecule has 0 unspecified atom stereocenters. The SMILES string of the molecule is CC(C)(O)c1c[n+]([O-])ccc1-c1cccc(-n2cc(C(=O)NC3CC3)c(=O)c3cccnc32)c1. The van der Waals surface area contributed by atoms with Crippen molar-refractivity contribution in [2.45, 2.75) is 38.3 Å². The van der Waals surface area contributed by atoms with Gasteiger partial charge < -0.3 is 20.2 Å². The Kier molecular flexibility index (Phi) is 5.17. The minimum Gasteiger partial charge on any atom is -0.619 e. The molecule has 34 heavy (non-hydrogen) atoms. The van der Waals surface area contributed by atoms with Crippen LogP contribution in [0.2, 0.25) is 0 Å². The summed E-state index contributed by atoms with van der Waals surface area (Å²) in [5.74, 6) is -0.393. The van der Waals surface area contributed by atoms with Gasteiger partial charge in [0.2, 0.25) is 5.43 Å². The number of nitrogens with zero attached hydrogens (tertiary/aromatic N) is 3. The zero-order valence-electron chi connectivity index (χ0n) is 18.9. The van der Waals surface area contributed by atoms with Gasteiger partial charge in [0.25, 0.3) is 5.91 Å². The Bertz CT molecular complexity index is 1480. The van der Waals surface area contributed by atoms with E-state index in [2.05, 4.69) is 10.3 Å². The van der Waals surface area contributed by atoms with Crippen molar-refractivity contribution in [3.05, 3.63) is 93.8 Å². The topological polar surface area (TPSA) is 111 Å². The van der Waals surface area contributed by atoms with E-state index in [0.717, 1.165) is 18.4 Å². The number of nitrogens with one attached hydrogen (secondary N) is 1. The number of carbonyl (C=O) groups is 1. The van der Waals surface area contributed by atoms with Crippen LogP contribution in [0.4, 0.5) is 0 Å². The van der Waals surface area contributed by atoms with E-state index in [9.17, 15) is 19.9 Å². The fraction of sp³-hybridized carbons (Fsp3) is 0.231. The molecule has 0 saturated heterocycles. The first-order valence-electron chi connectivity index (χ1n) is 11.1. The van der Waals surface area contributed by atoms with E-state index in [0.29, 0.717) is 32.6 Å². The van der Waals surface area contributed by atoms with Gasteiger partial charge in [-0.05, 0) is 62.1 Å². The third-order valence-corrected chi connectivity index (χ3v) is 5.95. The predicted octanol–water partition coefficient (Wildman–Crippen LogP) is 2.81. The van der Waals surface area contributed by atoms with Gasteiger partial charge in [-0.2, -0.15) is 4.73 Å². The Hall–Kier alpha value is -4.04. The minimum absolute atomic E-state index is 0.0575. The molecule has 1 aromatic carbocycles. The number of carbonyl (C=O) groups excluding carboxylic acids is 1. The zero-order chi connectivity index (χ0) is 24.0. The third-order valence-electron chi connectivity index (χ3n) is 5.95. The van der Waals surface area contributed by atoms with Crippen molar-refractivity contribution in [1.82, 2.24) is 14.9 Å². The standard InChI is InChI=1S/C26H24N4O4/c1-26(2,33)22-15-29(34)12-10-19(22)16-5-3-6-18(13-16)30-14-21(25(32)28-17-8-9-17)23(31)20-7-4-11-27-24(20)30/h3-7,10-15,17,33H,8-9H2,1-2H3,(H,28,32). The largest absolute Gasteiger partial charge is 0.619 e. The van der Waals surface area contributed by atoms with E-state index in [1.54, 1.807) is 42.8 Å².